The third-order valence-corrected chi connectivity index (χ3v) is 5.06. The van der Waals surface area contributed by atoms with Gasteiger partial charge in [0.05, 0.1) is 0 Å². The Hall–Kier alpha value is -0.0400. The summed E-state index contributed by atoms with van der Waals surface area (Å²) < 4.78 is 0. The highest BCUT2D eigenvalue weighted by Gasteiger charge is 2.33. The van der Waals surface area contributed by atoms with Crippen molar-refractivity contribution in [2.45, 2.75) is 60.3 Å². The maximum atomic E-state index is 3.57. The van der Waals surface area contributed by atoms with Gasteiger partial charge in [0.2, 0.25) is 0 Å². The van der Waals surface area contributed by atoms with E-state index in [1.807, 2.05) is 0 Å². The summed E-state index contributed by atoms with van der Waals surface area (Å²) >= 11 is 0. The molecule has 4 atom stereocenters. The summed E-state index contributed by atoms with van der Waals surface area (Å²) in [6.45, 7) is 14.2. The molecular weight excluding hydrogens is 206 g/mol. The number of rotatable bonds is 6. The van der Waals surface area contributed by atoms with Crippen molar-refractivity contribution in [3.05, 3.63) is 0 Å². The lowest BCUT2D eigenvalue weighted by Gasteiger charge is -2.41. The van der Waals surface area contributed by atoms with E-state index in [-0.39, 0.29) is 0 Å². The molecule has 0 aliphatic heterocycles. The second-order valence-corrected chi connectivity index (χ2v) is 6.43. The van der Waals surface area contributed by atoms with E-state index in [2.05, 4.69) is 39.9 Å². The highest BCUT2D eigenvalue weighted by atomic mass is 14.8. The Bertz CT molecular complexity index is 200. The van der Waals surface area contributed by atoms with Crippen LogP contribution in [0.2, 0.25) is 0 Å². The lowest BCUT2D eigenvalue weighted by Crippen LogP contribution is -2.37. The van der Waals surface area contributed by atoms with Crippen molar-refractivity contribution in [3.8, 4) is 0 Å². The Morgan fingerprint density at radius 3 is 2.35 bits per heavy atom. The Kier molecular flexibility index (Phi) is 6.54. The van der Waals surface area contributed by atoms with Gasteiger partial charge in [-0.25, -0.2) is 0 Å². The Balaban J connectivity index is 2.58. The van der Waals surface area contributed by atoms with Gasteiger partial charge in [-0.3, -0.25) is 0 Å². The second kappa shape index (κ2) is 7.41. The van der Waals surface area contributed by atoms with Crippen molar-refractivity contribution in [2.24, 2.45) is 29.6 Å². The molecule has 1 N–H and O–H groups in total. The van der Waals surface area contributed by atoms with Gasteiger partial charge >= 0.3 is 0 Å². The maximum Gasteiger partial charge on any atom is -0.00179 e. The molecule has 1 aliphatic rings. The summed E-state index contributed by atoms with van der Waals surface area (Å²) in [6, 6.07) is 0. The molecule has 0 aromatic rings. The first-order chi connectivity index (χ1) is 8.10. The van der Waals surface area contributed by atoms with E-state index in [0.717, 1.165) is 36.1 Å². The molecule has 0 radical (unpaired) electrons. The maximum absolute atomic E-state index is 3.57. The summed E-state index contributed by atoms with van der Waals surface area (Å²) in [5, 5.41) is 3.57. The molecule has 0 bridgehead atoms. The minimum Gasteiger partial charge on any atom is -0.317 e. The molecular formula is C16H33N. The van der Waals surface area contributed by atoms with E-state index in [4.69, 9.17) is 0 Å². The normalized spacial score (nSPS) is 31.8. The minimum absolute atomic E-state index is 0.877. The predicted molar refractivity (Wildman–Crippen MR) is 77.2 cm³/mol. The van der Waals surface area contributed by atoms with Crippen molar-refractivity contribution >= 4 is 0 Å². The van der Waals surface area contributed by atoms with Crippen molar-refractivity contribution in [2.75, 3.05) is 13.1 Å². The second-order valence-electron chi connectivity index (χ2n) is 6.43. The molecule has 17 heavy (non-hydrogen) atoms. The average Bonchev–Trinajstić information content (AvgIpc) is 2.35. The summed E-state index contributed by atoms with van der Waals surface area (Å²) in [6.07, 6.45) is 5.73. The molecule has 0 aromatic heterocycles. The van der Waals surface area contributed by atoms with Crippen LogP contribution in [0.25, 0.3) is 0 Å². The van der Waals surface area contributed by atoms with Crippen LogP contribution in [0.15, 0.2) is 0 Å². The van der Waals surface area contributed by atoms with Gasteiger partial charge in [-0.2, -0.15) is 0 Å². The van der Waals surface area contributed by atoms with Crippen LogP contribution in [0, 0.1) is 29.6 Å². The lowest BCUT2D eigenvalue weighted by molar-refractivity contribution is 0.102. The predicted octanol–water partition coefficient (Wildman–Crippen LogP) is 4.33. The van der Waals surface area contributed by atoms with Crippen LogP contribution in [-0.2, 0) is 0 Å². The Morgan fingerprint density at radius 2 is 1.82 bits per heavy atom. The molecule has 0 amide bonds. The van der Waals surface area contributed by atoms with Gasteiger partial charge < -0.3 is 5.32 Å². The molecule has 102 valence electrons. The summed E-state index contributed by atoms with van der Waals surface area (Å²) in [7, 11) is 0. The average molecular weight is 239 g/mol. The monoisotopic (exact) mass is 239 g/mol. The molecule has 0 heterocycles. The molecule has 1 rings (SSSR count). The van der Waals surface area contributed by atoms with Gasteiger partial charge in [-0.1, -0.05) is 41.0 Å². The molecule has 1 aliphatic carbocycles. The minimum atomic E-state index is 0.877. The standard InChI is InChI=1S/C16H33N/c1-6-13(5)16-10-14(12(3)4)8-9-15(16)11-17-7-2/h12-17H,6-11H2,1-5H3. The summed E-state index contributed by atoms with van der Waals surface area (Å²) in [5.74, 6) is 4.65. The fourth-order valence-electron chi connectivity index (χ4n) is 3.49. The van der Waals surface area contributed by atoms with E-state index in [9.17, 15) is 0 Å². The summed E-state index contributed by atoms with van der Waals surface area (Å²) in [5.41, 5.74) is 0. The number of nitrogens with one attached hydrogen (secondary N) is 1. The van der Waals surface area contributed by atoms with Crippen LogP contribution in [0.3, 0.4) is 0 Å². The van der Waals surface area contributed by atoms with Gasteiger partial charge in [-0.15, -0.1) is 0 Å². The van der Waals surface area contributed by atoms with E-state index < -0.39 is 0 Å². The zero-order valence-corrected chi connectivity index (χ0v) is 12.6. The highest BCUT2D eigenvalue weighted by Crippen LogP contribution is 2.41. The van der Waals surface area contributed by atoms with E-state index >= 15 is 0 Å². The smallest absolute Gasteiger partial charge is 0.00179 e. The molecule has 1 heteroatoms. The number of hydrogen-bond acceptors (Lipinski definition) is 1. The first-order valence-corrected chi connectivity index (χ1v) is 7.80. The fraction of sp³-hybridized carbons (Fsp3) is 1.00. The Labute approximate surface area is 109 Å². The van der Waals surface area contributed by atoms with E-state index in [1.54, 1.807) is 0 Å². The van der Waals surface area contributed by atoms with Crippen LogP contribution in [0.4, 0.5) is 0 Å². The first-order valence-electron chi connectivity index (χ1n) is 7.80. The van der Waals surface area contributed by atoms with Crippen molar-refractivity contribution in [1.29, 1.82) is 0 Å². The van der Waals surface area contributed by atoms with Crippen LogP contribution in [0.5, 0.6) is 0 Å². The van der Waals surface area contributed by atoms with Gasteiger partial charge in [0.1, 0.15) is 0 Å². The van der Waals surface area contributed by atoms with Gasteiger partial charge in [-0.05, 0) is 61.9 Å². The van der Waals surface area contributed by atoms with E-state index in [0.29, 0.717) is 0 Å². The van der Waals surface area contributed by atoms with Crippen LogP contribution in [0.1, 0.15) is 60.3 Å². The SMILES string of the molecule is CCNCC1CCC(C(C)C)CC1C(C)CC. The quantitative estimate of drug-likeness (QED) is 0.727. The van der Waals surface area contributed by atoms with E-state index in [1.165, 1.54) is 32.2 Å². The lowest BCUT2D eigenvalue weighted by atomic mass is 9.66. The van der Waals surface area contributed by atoms with Crippen molar-refractivity contribution < 1.29 is 0 Å². The molecule has 1 saturated carbocycles. The largest absolute Gasteiger partial charge is 0.317 e. The topological polar surface area (TPSA) is 12.0 Å². The molecule has 0 aromatic carbocycles. The summed E-state index contributed by atoms with van der Waals surface area (Å²) in [4.78, 5) is 0. The van der Waals surface area contributed by atoms with Crippen LogP contribution < -0.4 is 5.32 Å². The molecule has 0 spiro atoms. The molecule has 1 nitrogen and oxygen atoms in total. The van der Waals surface area contributed by atoms with Crippen LogP contribution in [-0.4, -0.2) is 13.1 Å². The third kappa shape index (κ3) is 4.28. The van der Waals surface area contributed by atoms with Gasteiger partial charge in [0.15, 0.2) is 0 Å². The highest BCUT2D eigenvalue weighted by molar-refractivity contribution is 4.85. The fourth-order valence-corrected chi connectivity index (χ4v) is 3.49. The molecule has 4 unspecified atom stereocenters. The first kappa shape index (κ1) is 15.0. The van der Waals surface area contributed by atoms with Crippen molar-refractivity contribution in [3.63, 3.8) is 0 Å². The van der Waals surface area contributed by atoms with Gasteiger partial charge in [0.25, 0.3) is 0 Å². The Morgan fingerprint density at radius 1 is 1.12 bits per heavy atom. The van der Waals surface area contributed by atoms with Crippen LogP contribution >= 0.6 is 0 Å². The van der Waals surface area contributed by atoms with Crippen molar-refractivity contribution in [1.82, 2.24) is 5.32 Å². The third-order valence-electron chi connectivity index (χ3n) is 5.06. The number of hydrogen-bond donors (Lipinski definition) is 1. The zero-order valence-electron chi connectivity index (χ0n) is 12.6. The van der Waals surface area contributed by atoms with Gasteiger partial charge in [0, 0.05) is 0 Å². The molecule has 1 fully saturated rings. The molecule has 0 saturated heterocycles. The zero-order chi connectivity index (χ0) is 12.8.